The number of carbonyl (C=O) groups excluding carboxylic acids is 1. The van der Waals surface area contributed by atoms with Crippen molar-refractivity contribution in [1.82, 2.24) is 19.7 Å². The number of amides is 1. The number of benzene rings is 3. The predicted octanol–water partition coefficient (Wildman–Crippen LogP) is 6.36. The lowest BCUT2D eigenvalue weighted by atomic mass is 9.90. The van der Waals surface area contributed by atoms with E-state index in [0.29, 0.717) is 22.2 Å². The molecule has 10 heteroatoms. The van der Waals surface area contributed by atoms with Gasteiger partial charge >= 0.3 is 0 Å². The molecule has 5 rings (SSSR count). The molecule has 0 atom stereocenters. The zero-order valence-corrected chi connectivity index (χ0v) is 21.5. The van der Waals surface area contributed by atoms with Gasteiger partial charge in [0.05, 0.1) is 11.3 Å². The summed E-state index contributed by atoms with van der Waals surface area (Å²) in [5.74, 6) is -0.523. The third kappa shape index (κ3) is 4.93. The molecule has 0 unspecified atom stereocenters. The lowest BCUT2D eigenvalue weighted by Gasteiger charge is -2.14. The van der Waals surface area contributed by atoms with Gasteiger partial charge in [-0.2, -0.15) is 15.0 Å². The van der Waals surface area contributed by atoms with Crippen molar-refractivity contribution in [2.75, 3.05) is 5.32 Å². The second-order valence-electron chi connectivity index (χ2n) is 9.73. The summed E-state index contributed by atoms with van der Waals surface area (Å²) >= 11 is 0. The Morgan fingerprint density at radius 3 is 2.38 bits per heavy atom. The van der Waals surface area contributed by atoms with Crippen LogP contribution in [0.4, 0.5) is 17.2 Å². The van der Waals surface area contributed by atoms with Crippen LogP contribution in [0.25, 0.3) is 16.7 Å². The number of aromatic nitrogens is 4. The van der Waals surface area contributed by atoms with Gasteiger partial charge in [0.1, 0.15) is 17.3 Å². The van der Waals surface area contributed by atoms with E-state index < -0.39 is 11.3 Å². The molecule has 5 aromatic rings. The van der Waals surface area contributed by atoms with Gasteiger partial charge in [-0.1, -0.05) is 63.2 Å². The summed E-state index contributed by atoms with van der Waals surface area (Å²) in [7, 11) is 0. The zero-order valence-electron chi connectivity index (χ0n) is 21.5. The van der Waals surface area contributed by atoms with Gasteiger partial charge in [0.25, 0.3) is 11.9 Å². The smallest absolute Gasteiger partial charge is 0.260 e. The number of hydrogen-bond acceptors (Lipinski definition) is 8. The molecule has 0 aliphatic heterocycles. The molecular weight excluding hydrogens is 492 g/mol. The van der Waals surface area contributed by atoms with E-state index in [4.69, 9.17) is 0 Å². The standard InChI is InChI=1S/C29H24N8O2/c1-29(2,3)25-21(17-30)26(37(36-25)28-31-14-9-15-32-28)35-34-22-16-18-10-7-8-13-20(18)23(24(22)38)27(39)33-19-11-5-4-6-12-19/h4-16,38H,1-3H3,(H,33,39)/b35-34+. The minimum atomic E-state index is -0.498. The highest BCUT2D eigenvalue weighted by Crippen LogP contribution is 2.39. The molecule has 0 bridgehead atoms. The predicted molar refractivity (Wildman–Crippen MR) is 147 cm³/mol. The van der Waals surface area contributed by atoms with E-state index >= 15 is 0 Å². The van der Waals surface area contributed by atoms with Gasteiger partial charge in [-0.3, -0.25) is 4.79 Å². The number of para-hydroxylation sites is 1. The van der Waals surface area contributed by atoms with E-state index in [1.54, 1.807) is 60.9 Å². The minimum Gasteiger partial charge on any atom is -0.505 e. The highest BCUT2D eigenvalue weighted by atomic mass is 16.3. The average Bonchev–Trinajstić information content (AvgIpc) is 3.32. The highest BCUT2D eigenvalue weighted by molar-refractivity contribution is 6.16. The summed E-state index contributed by atoms with van der Waals surface area (Å²) in [6.07, 6.45) is 3.11. The Bertz CT molecular complexity index is 1750. The lowest BCUT2D eigenvalue weighted by molar-refractivity contribution is 0.102. The topological polar surface area (TPSA) is 141 Å². The highest BCUT2D eigenvalue weighted by Gasteiger charge is 2.29. The van der Waals surface area contributed by atoms with Gasteiger partial charge in [-0.05, 0) is 35.0 Å². The van der Waals surface area contributed by atoms with Crippen molar-refractivity contribution in [2.45, 2.75) is 26.2 Å². The van der Waals surface area contributed by atoms with Crippen LogP contribution in [-0.4, -0.2) is 30.8 Å². The first-order valence-corrected chi connectivity index (χ1v) is 12.1. The first-order valence-electron chi connectivity index (χ1n) is 12.1. The molecule has 0 saturated heterocycles. The van der Waals surface area contributed by atoms with E-state index in [9.17, 15) is 15.2 Å². The van der Waals surface area contributed by atoms with Crippen molar-refractivity contribution in [3.63, 3.8) is 0 Å². The van der Waals surface area contributed by atoms with Crippen molar-refractivity contribution >= 4 is 33.9 Å². The monoisotopic (exact) mass is 516 g/mol. The molecule has 0 aliphatic rings. The van der Waals surface area contributed by atoms with Gasteiger partial charge in [-0.25, -0.2) is 9.97 Å². The molecule has 2 aromatic heterocycles. The van der Waals surface area contributed by atoms with E-state index in [2.05, 4.69) is 36.7 Å². The van der Waals surface area contributed by atoms with E-state index in [0.717, 1.165) is 0 Å². The average molecular weight is 517 g/mol. The van der Waals surface area contributed by atoms with Gasteiger partial charge in [0.2, 0.25) is 0 Å². The number of azo groups is 1. The number of phenols is 1. The Balaban J connectivity index is 1.66. The number of nitriles is 1. The summed E-state index contributed by atoms with van der Waals surface area (Å²) in [6, 6.07) is 21.6. The Morgan fingerprint density at radius 1 is 1.00 bits per heavy atom. The summed E-state index contributed by atoms with van der Waals surface area (Å²) in [4.78, 5) is 21.8. The number of nitrogens with zero attached hydrogens (tertiary/aromatic N) is 7. The second-order valence-corrected chi connectivity index (χ2v) is 9.73. The van der Waals surface area contributed by atoms with Crippen LogP contribution in [-0.2, 0) is 5.41 Å². The third-order valence-corrected chi connectivity index (χ3v) is 5.94. The third-order valence-electron chi connectivity index (χ3n) is 5.94. The number of anilines is 1. The number of hydrogen-bond donors (Lipinski definition) is 2. The zero-order chi connectivity index (χ0) is 27.6. The van der Waals surface area contributed by atoms with Crippen LogP contribution in [0, 0.1) is 11.3 Å². The summed E-state index contributed by atoms with van der Waals surface area (Å²) < 4.78 is 1.35. The largest absolute Gasteiger partial charge is 0.505 e. The van der Waals surface area contributed by atoms with Crippen LogP contribution < -0.4 is 5.32 Å². The number of fused-ring (bicyclic) bond motifs is 1. The quantitative estimate of drug-likeness (QED) is 0.260. The van der Waals surface area contributed by atoms with Crippen LogP contribution in [0.3, 0.4) is 0 Å². The lowest BCUT2D eigenvalue weighted by Crippen LogP contribution is -2.14. The molecule has 0 radical (unpaired) electrons. The summed E-state index contributed by atoms with van der Waals surface area (Å²) in [5, 5.41) is 38.5. The van der Waals surface area contributed by atoms with Crippen molar-refractivity contribution in [1.29, 1.82) is 5.26 Å². The Morgan fingerprint density at radius 2 is 1.69 bits per heavy atom. The van der Waals surface area contributed by atoms with E-state index in [1.165, 1.54) is 4.68 Å². The molecule has 0 fully saturated rings. The van der Waals surface area contributed by atoms with Crippen molar-refractivity contribution < 1.29 is 9.90 Å². The first kappa shape index (κ1) is 25.2. The molecule has 1 amide bonds. The SMILES string of the molecule is CC(C)(C)c1nn(-c2ncccn2)c(/N=N/c2cc3ccccc3c(C(=O)Nc3ccccc3)c2O)c1C#N. The van der Waals surface area contributed by atoms with Crippen molar-refractivity contribution in [2.24, 2.45) is 10.2 Å². The Labute approximate surface area is 224 Å². The molecular formula is C29H24N8O2. The molecule has 192 valence electrons. The fourth-order valence-electron chi connectivity index (χ4n) is 4.11. The van der Waals surface area contributed by atoms with Crippen molar-refractivity contribution in [3.05, 3.63) is 95.9 Å². The maximum absolute atomic E-state index is 13.3. The minimum absolute atomic E-state index is 0.0508. The van der Waals surface area contributed by atoms with Gasteiger partial charge in [0, 0.05) is 23.5 Å². The van der Waals surface area contributed by atoms with Crippen molar-refractivity contribution in [3.8, 4) is 17.8 Å². The van der Waals surface area contributed by atoms with Gasteiger partial charge in [0.15, 0.2) is 11.6 Å². The van der Waals surface area contributed by atoms with Crippen LogP contribution >= 0.6 is 0 Å². The van der Waals surface area contributed by atoms with Gasteiger partial charge in [-0.15, -0.1) is 10.2 Å². The number of nitrogens with one attached hydrogen (secondary N) is 1. The molecule has 0 spiro atoms. The molecule has 3 aromatic carbocycles. The Hall–Kier alpha value is -5.43. The van der Waals surface area contributed by atoms with Crippen LogP contribution in [0.15, 0.2) is 89.4 Å². The van der Waals surface area contributed by atoms with Gasteiger partial charge < -0.3 is 10.4 Å². The molecule has 39 heavy (non-hydrogen) atoms. The Kier molecular flexibility index (Phi) is 6.56. The maximum Gasteiger partial charge on any atom is 0.260 e. The fourth-order valence-corrected chi connectivity index (χ4v) is 4.11. The molecule has 10 nitrogen and oxygen atoms in total. The first-order chi connectivity index (χ1) is 18.8. The molecule has 2 N–H and O–H groups in total. The summed E-state index contributed by atoms with van der Waals surface area (Å²) in [6.45, 7) is 5.79. The van der Waals surface area contributed by atoms with Crippen LogP contribution in [0.1, 0.15) is 42.4 Å². The molecule has 0 aliphatic carbocycles. The number of carbonyl (C=O) groups is 1. The summed E-state index contributed by atoms with van der Waals surface area (Å²) in [5.41, 5.74) is 0.913. The second kappa shape index (κ2) is 10.1. The fraction of sp³-hybridized carbons (Fsp3) is 0.138. The number of phenolic OH excluding ortho intramolecular Hbond substituents is 1. The number of rotatable bonds is 5. The van der Waals surface area contributed by atoms with E-state index in [1.807, 2.05) is 39.0 Å². The molecule has 2 heterocycles. The van der Waals surface area contributed by atoms with Crippen LogP contribution in [0.5, 0.6) is 5.75 Å². The normalized spacial score (nSPS) is 11.5. The van der Waals surface area contributed by atoms with E-state index in [-0.39, 0.29) is 34.3 Å². The molecule has 0 saturated carbocycles. The maximum atomic E-state index is 13.3. The van der Waals surface area contributed by atoms with Crippen LogP contribution in [0.2, 0.25) is 0 Å². The number of aromatic hydroxyl groups is 1.